The number of hydrogen-bond donors (Lipinski definition) is 0. The molecule has 0 N–H and O–H groups in total. The van der Waals surface area contributed by atoms with Crippen LogP contribution in [0.15, 0.2) is 57.9 Å². The summed E-state index contributed by atoms with van der Waals surface area (Å²) in [6.07, 6.45) is 10.6. The maximum absolute atomic E-state index is 13.2. The molecule has 0 saturated heterocycles. The number of rotatable bonds is 7. The van der Waals surface area contributed by atoms with Crippen LogP contribution in [-0.4, -0.2) is 14.0 Å². The van der Waals surface area contributed by atoms with E-state index in [2.05, 4.69) is 54.9 Å². The number of ether oxygens (including phenoxy) is 1. The first kappa shape index (κ1) is 23.4. The molecule has 172 valence electrons. The Morgan fingerprint density at radius 1 is 1.16 bits per heavy atom. The number of halogens is 1. The summed E-state index contributed by atoms with van der Waals surface area (Å²) in [7, 11) is -3.97. The van der Waals surface area contributed by atoms with Gasteiger partial charge >= 0.3 is 10.1 Å². The molecule has 0 spiro atoms. The highest BCUT2D eigenvalue weighted by molar-refractivity contribution is 9.10. The number of benzene rings is 2. The first-order valence-corrected chi connectivity index (χ1v) is 13.6. The molecule has 4 rings (SSSR count). The summed E-state index contributed by atoms with van der Waals surface area (Å²) in [5, 5.41) is 0. The minimum atomic E-state index is -3.97. The smallest absolute Gasteiger partial charge is 0.339 e. The van der Waals surface area contributed by atoms with Crippen molar-refractivity contribution in [1.29, 1.82) is 0 Å². The fraction of sp³-hybridized carbons (Fsp3) is 0.462. The Kier molecular flexibility index (Phi) is 6.73. The van der Waals surface area contributed by atoms with Crippen molar-refractivity contribution in [3.63, 3.8) is 0 Å². The van der Waals surface area contributed by atoms with Crippen molar-refractivity contribution >= 4 is 26.0 Å². The van der Waals surface area contributed by atoms with Crippen molar-refractivity contribution < 1.29 is 17.3 Å². The summed E-state index contributed by atoms with van der Waals surface area (Å²) in [5.41, 5.74) is 1.57. The van der Waals surface area contributed by atoms with E-state index in [1.165, 1.54) is 0 Å². The Labute approximate surface area is 200 Å². The summed E-state index contributed by atoms with van der Waals surface area (Å²) in [6.45, 7) is 6.44. The van der Waals surface area contributed by atoms with Crippen LogP contribution in [0.25, 0.3) is 0 Å². The average Bonchev–Trinajstić information content (AvgIpc) is 2.73. The van der Waals surface area contributed by atoms with Crippen LogP contribution in [0.2, 0.25) is 0 Å². The molecule has 0 fully saturated rings. The molecule has 1 aliphatic heterocycles. The van der Waals surface area contributed by atoms with Gasteiger partial charge < -0.3 is 8.92 Å². The molecule has 0 aromatic heterocycles. The lowest BCUT2D eigenvalue weighted by Gasteiger charge is -2.46. The van der Waals surface area contributed by atoms with Gasteiger partial charge in [-0.3, -0.25) is 0 Å². The zero-order valence-electron chi connectivity index (χ0n) is 18.9. The molecule has 0 bridgehead atoms. The van der Waals surface area contributed by atoms with Gasteiger partial charge in [-0.15, -0.1) is 0 Å². The van der Waals surface area contributed by atoms with Crippen molar-refractivity contribution in [2.45, 2.75) is 75.7 Å². The molecular formula is C26H31BrO4S. The quantitative estimate of drug-likeness (QED) is 0.221. The molecule has 2 aromatic rings. The van der Waals surface area contributed by atoms with E-state index in [9.17, 15) is 8.42 Å². The van der Waals surface area contributed by atoms with Crippen LogP contribution in [0.3, 0.4) is 0 Å². The van der Waals surface area contributed by atoms with Gasteiger partial charge in [-0.05, 0) is 81.5 Å². The second-order valence-corrected chi connectivity index (χ2v) is 11.8. The second kappa shape index (κ2) is 9.22. The van der Waals surface area contributed by atoms with Crippen molar-refractivity contribution in [3.8, 4) is 11.5 Å². The third-order valence-corrected chi connectivity index (χ3v) is 8.33. The number of unbranched alkanes of at least 4 members (excludes halogenated alkanes) is 2. The van der Waals surface area contributed by atoms with Gasteiger partial charge in [0.2, 0.25) is 0 Å². The lowest BCUT2D eigenvalue weighted by atomic mass is 9.69. The fourth-order valence-electron chi connectivity index (χ4n) is 4.90. The molecule has 1 heterocycles. The summed E-state index contributed by atoms with van der Waals surface area (Å²) in [5.74, 6) is 1.48. The second-order valence-electron chi connectivity index (χ2n) is 9.30. The van der Waals surface area contributed by atoms with Gasteiger partial charge in [0.1, 0.15) is 16.2 Å². The highest BCUT2D eigenvalue weighted by atomic mass is 79.9. The minimum Gasteiger partial charge on any atom is -0.487 e. The molecule has 2 unspecified atom stereocenters. The van der Waals surface area contributed by atoms with Gasteiger partial charge in [-0.1, -0.05) is 47.8 Å². The number of aryl methyl sites for hydroxylation is 1. The highest BCUT2D eigenvalue weighted by Gasteiger charge is 2.45. The molecule has 32 heavy (non-hydrogen) atoms. The molecule has 1 aliphatic carbocycles. The zero-order valence-corrected chi connectivity index (χ0v) is 21.3. The topological polar surface area (TPSA) is 52.6 Å². The normalized spacial score (nSPS) is 21.4. The summed E-state index contributed by atoms with van der Waals surface area (Å²) < 4.78 is 39.5. The maximum atomic E-state index is 13.2. The van der Waals surface area contributed by atoms with Gasteiger partial charge in [-0.25, -0.2) is 0 Å². The first-order valence-electron chi connectivity index (χ1n) is 11.4. The third kappa shape index (κ3) is 4.76. The predicted octanol–water partition coefficient (Wildman–Crippen LogP) is 7.17. The Bertz CT molecular complexity index is 1100. The Morgan fingerprint density at radius 2 is 1.91 bits per heavy atom. The van der Waals surface area contributed by atoms with E-state index in [4.69, 9.17) is 8.92 Å². The third-order valence-electron chi connectivity index (χ3n) is 6.56. The van der Waals surface area contributed by atoms with Crippen molar-refractivity contribution in [1.82, 2.24) is 0 Å². The van der Waals surface area contributed by atoms with Crippen LogP contribution in [0.5, 0.6) is 11.5 Å². The van der Waals surface area contributed by atoms with Gasteiger partial charge in [0.15, 0.2) is 5.75 Å². The van der Waals surface area contributed by atoms with Gasteiger partial charge in [0.25, 0.3) is 0 Å². The molecule has 2 aromatic carbocycles. The molecule has 4 nitrogen and oxygen atoms in total. The standard InChI is InChI=1S/C26H31BrO4S/c1-4-5-6-9-18-16-23-25(21-10-7-8-11-22(21)26(2,3)30-23)24(17-18)31-32(28,29)20-14-12-19(27)13-15-20/h7,10,12-17,21-22H,4-6,8-9,11H2,1-3H3. The van der Waals surface area contributed by atoms with Gasteiger partial charge in [-0.2, -0.15) is 8.42 Å². The molecule has 2 aliphatic rings. The minimum absolute atomic E-state index is 0.0716. The van der Waals surface area contributed by atoms with Crippen LogP contribution >= 0.6 is 15.9 Å². The molecule has 0 radical (unpaired) electrons. The van der Waals surface area contributed by atoms with Crippen LogP contribution in [0, 0.1) is 5.92 Å². The van der Waals surface area contributed by atoms with Crippen molar-refractivity contribution in [2.75, 3.05) is 0 Å². The van der Waals surface area contributed by atoms with Crippen LogP contribution < -0.4 is 8.92 Å². The van der Waals surface area contributed by atoms with E-state index in [1.54, 1.807) is 24.3 Å². The van der Waals surface area contributed by atoms with Gasteiger partial charge in [0.05, 0.1) is 0 Å². The number of hydrogen-bond acceptors (Lipinski definition) is 4. The Hall–Kier alpha value is -1.79. The molecular weight excluding hydrogens is 488 g/mol. The van der Waals surface area contributed by atoms with E-state index in [-0.39, 0.29) is 22.3 Å². The average molecular weight is 520 g/mol. The van der Waals surface area contributed by atoms with Crippen LogP contribution in [0.1, 0.15) is 69.9 Å². The van der Waals surface area contributed by atoms with Crippen LogP contribution in [-0.2, 0) is 16.5 Å². The van der Waals surface area contributed by atoms with Crippen molar-refractivity contribution in [2.24, 2.45) is 5.92 Å². The molecule has 0 saturated carbocycles. The van der Waals surface area contributed by atoms with E-state index in [1.807, 2.05) is 6.07 Å². The number of allylic oxidation sites excluding steroid dienone is 2. The molecule has 6 heteroatoms. The highest BCUT2D eigenvalue weighted by Crippen LogP contribution is 2.53. The predicted molar refractivity (Wildman–Crippen MR) is 131 cm³/mol. The first-order chi connectivity index (χ1) is 15.2. The molecule has 0 amide bonds. The van der Waals surface area contributed by atoms with Crippen LogP contribution in [0.4, 0.5) is 0 Å². The lowest BCUT2D eigenvalue weighted by molar-refractivity contribution is 0.0118. The summed E-state index contributed by atoms with van der Waals surface area (Å²) in [6, 6.07) is 10.5. The van der Waals surface area contributed by atoms with E-state index in [0.717, 1.165) is 59.9 Å². The summed E-state index contributed by atoms with van der Waals surface area (Å²) >= 11 is 3.36. The van der Waals surface area contributed by atoms with E-state index < -0.39 is 10.1 Å². The Morgan fingerprint density at radius 3 is 2.62 bits per heavy atom. The van der Waals surface area contributed by atoms with E-state index in [0.29, 0.717) is 5.75 Å². The largest absolute Gasteiger partial charge is 0.487 e. The maximum Gasteiger partial charge on any atom is 0.339 e. The Balaban J connectivity index is 1.79. The van der Waals surface area contributed by atoms with Crippen molar-refractivity contribution in [3.05, 3.63) is 64.1 Å². The lowest BCUT2D eigenvalue weighted by Crippen LogP contribution is -2.45. The fourth-order valence-corrected chi connectivity index (χ4v) is 6.10. The number of fused-ring (bicyclic) bond motifs is 3. The molecule has 2 atom stereocenters. The van der Waals surface area contributed by atoms with Gasteiger partial charge in [0, 0.05) is 21.9 Å². The summed E-state index contributed by atoms with van der Waals surface area (Å²) in [4.78, 5) is 0.138. The van der Waals surface area contributed by atoms with E-state index >= 15 is 0 Å². The monoisotopic (exact) mass is 518 g/mol. The zero-order chi connectivity index (χ0) is 22.9. The SMILES string of the molecule is CCCCCc1cc2c(c(OS(=O)(=O)c3ccc(Br)cc3)c1)C1C=CCCC1C(C)(C)O2.